The fourth-order valence-corrected chi connectivity index (χ4v) is 2.46. The molecule has 0 atom stereocenters. The fourth-order valence-electron chi connectivity index (χ4n) is 2.46. The monoisotopic (exact) mass is 496 g/mol. The van der Waals surface area contributed by atoms with E-state index in [9.17, 15) is 4.79 Å². The first-order valence-electron chi connectivity index (χ1n) is 9.03. The minimum atomic E-state index is -0.136. The highest BCUT2D eigenvalue weighted by molar-refractivity contribution is 14.0. The number of carbonyl (C=O) groups is 1. The third-order valence-electron chi connectivity index (χ3n) is 3.73. The number of guanidine groups is 1. The molecule has 28 heavy (non-hydrogen) atoms. The van der Waals surface area contributed by atoms with Crippen LogP contribution >= 0.6 is 24.0 Å². The molecule has 0 unspecified atom stereocenters. The molecule has 0 aliphatic rings. The molecule has 3 N–H and O–H groups in total. The lowest BCUT2D eigenvalue weighted by Gasteiger charge is -2.17. The highest BCUT2D eigenvalue weighted by Crippen LogP contribution is 2.21. The van der Waals surface area contributed by atoms with Gasteiger partial charge in [-0.05, 0) is 44.5 Å². The molecule has 0 aliphatic carbocycles. The zero-order valence-electron chi connectivity index (χ0n) is 16.8. The van der Waals surface area contributed by atoms with Gasteiger partial charge in [0.25, 0.3) is 0 Å². The Bertz CT molecular complexity index is 779. The van der Waals surface area contributed by atoms with Crippen LogP contribution in [0.2, 0.25) is 0 Å². The Morgan fingerprint density at radius 3 is 2.46 bits per heavy atom. The zero-order chi connectivity index (χ0) is 19.6. The van der Waals surface area contributed by atoms with Gasteiger partial charge in [0.2, 0.25) is 5.91 Å². The predicted molar refractivity (Wildman–Crippen MR) is 126 cm³/mol. The number of anilines is 1. The Kier molecular flexibility index (Phi) is 10.4. The number of carbonyl (C=O) groups excluding carboxylic acids is 1. The lowest BCUT2D eigenvalue weighted by atomic mass is 10.1. The minimum Gasteiger partial charge on any atom is -0.491 e. The first kappa shape index (κ1) is 23.7. The molecular weight excluding hydrogens is 467 g/mol. The summed E-state index contributed by atoms with van der Waals surface area (Å²) in [7, 11) is 1.67. The minimum absolute atomic E-state index is 0. The van der Waals surface area contributed by atoms with Gasteiger partial charge < -0.3 is 20.7 Å². The van der Waals surface area contributed by atoms with Crippen LogP contribution in [-0.4, -0.2) is 31.6 Å². The summed E-state index contributed by atoms with van der Waals surface area (Å²) in [6, 6.07) is 15.5. The first-order valence-corrected chi connectivity index (χ1v) is 9.03. The molecular formula is C21H29IN4O2. The van der Waals surface area contributed by atoms with Crippen molar-refractivity contribution in [2.24, 2.45) is 4.99 Å². The number of ether oxygens (including phenoxy) is 1. The van der Waals surface area contributed by atoms with E-state index in [-0.39, 0.29) is 42.5 Å². The van der Waals surface area contributed by atoms with Crippen molar-refractivity contribution in [3.8, 4) is 5.75 Å². The van der Waals surface area contributed by atoms with Gasteiger partial charge in [-0.3, -0.25) is 9.79 Å². The molecule has 7 heteroatoms. The number of aliphatic imine (C=N–C) groups is 1. The van der Waals surface area contributed by atoms with E-state index in [2.05, 4.69) is 20.9 Å². The zero-order valence-corrected chi connectivity index (χ0v) is 19.1. The van der Waals surface area contributed by atoms with Crippen molar-refractivity contribution >= 4 is 41.5 Å². The number of nitrogens with zero attached hydrogens (tertiary/aromatic N) is 1. The van der Waals surface area contributed by atoms with Gasteiger partial charge in [-0.25, -0.2) is 0 Å². The van der Waals surface area contributed by atoms with Gasteiger partial charge in [-0.15, -0.1) is 24.0 Å². The molecule has 6 nitrogen and oxygen atoms in total. The maximum absolute atomic E-state index is 12.0. The van der Waals surface area contributed by atoms with Crippen LogP contribution in [0.3, 0.4) is 0 Å². The molecule has 0 fully saturated rings. The number of hydrogen-bond donors (Lipinski definition) is 3. The Morgan fingerprint density at radius 2 is 1.82 bits per heavy atom. The molecule has 2 aromatic carbocycles. The van der Waals surface area contributed by atoms with E-state index in [0.717, 1.165) is 22.6 Å². The van der Waals surface area contributed by atoms with Gasteiger partial charge in [0.05, 0.1) is 12.6 Å². The molecule has 0 saturated heterocycles. The maximum Gasteiger partial charge on any atom is 0.243 e. The van der Waals surface area contributed by atoms with Crippen LogP contribution < -0.4 is 20.7 Å². The molecule has 0 spiro atoms. The summed E-state index contributed by atoms with van der Waals surface area (Å²) in [5.74, 6) is 1.27. The topological polar surface area (TPSA) is 74.8 Å². The van der Waals surface area contributed by atoms with Crippen molar-refractivity contribution in [3.05, 3.63) is 59.7 Å². The number of nitrogens with one attached hydrogen (secondary N) is 3. The summed E-state index contributed by atoms with van der Waals surface area (Å²) in [6.07, 6.45) is 0.102. The predicted octanol–water partition coefficient (Wildman–Crippen LogP) is 3.70. The van der Waals surface area contributed by atoms with Crippen LogP contribution in [0.25, 0.3) is 0 Å². The summed E-state index contributed by atoms with van der Waals surface area (Å²) in [5, 5.41) is 9.06. The van der Waals surface area contributed by atoms with E-state index in [1.54, 1.807) is 7.05 Å². The molecule has 0 aliphatic heterocycles. The molecule has 152 valence electrons. The number of benzene rings is 2. The highest BCUT2D eigenvalue weighted by Gasteiger charge is 2.08. The van der Waals surface area contributed by atoms with Gasteiger partial charge >= 0.3 is 0 Å². The van der Waals surface area contributed by atoms with Crippen LogP contribution in [0.4, 0.5) is 5.69 Å². The Hall–Kier alpha value is -2.29. The third kappa shape index (κ3) is 8.16. The molecule has 0 aromatic heterocycles. The number of aryl methyl sites for hydroxylation is 1. The standard InChI is InChI=1S/C21H28N4O2.HI/c1-15(2)27-19-12-16(3)10-11-17(19)13-23-21(22-4)24-14-20(26)25-18-8-6-5-7-9-18;/h5-12,15H,13-14H2,1-4H3,(H,25,26)(H2,22,23,24);1H. The maximum atomic E-state index is 12.0. The van der Waals surface area contributed by atoms with Crippen LogP contribution in [0.1, 0.15) is 25.0 Å². The summed E-state index contributed by atoms with van der Waals surface area (Å²) in [4.78, 5) is 16.2. The third-order valence-corrected chi connectivity index (χ3v) is 3.73. The highest BCUT2D eigenvalue weighted by atomic mass is 127. The number of rotatable bonds is 7. The summed E-state index contributed by atoms with van der Waals surface area (Å²) < 4.78 is 5.89. The molecule has 0 heterocycles. The van der Waals surface area contributed by atoms with Crippen molar-refractivity contribution in [2.45, 2.75) is 33.4 Å². The average Bonchev–Trinajstić information content (AvgIpc) is 2.63. The van der Waals surface area contributed by atoms with E-state index in [0.29, 0.717) is 12.5 Å². The van der Waals surface area contributed by atoms with Crippen LogP contribution in [-0.2, 0) is 11.3 Å². The summed E-state index contributed by atoms with van der Waals surface area (Å²) in [5.41, 5.74) is 2.95. The molecule has 0 saturated carbocycles. The number of amides is 1. The smallest absolute Gasteiger partial charge is 0.243 e. The van der Waals surface area contributed by atoms with Crippen LogP contribution in [0.15, 0.2) is 53.5 Å². The van der Waals surface area contributed by atoms with Crippen molar-refractivity contribution in [1.29, 1.82) is 0 Å². The number of para-hydroxylation sites is 1. The lowest BCUT2D eigenvalue weighted by molar-refractivity contribution is -0.115. The average molecular weight is 496 g/mol. The van der Waals surface area contributed by atoms with Crippen LogP contribution in [0.5, 0.6) is 5.75 Å². The molecule has 2 aromatic rings. The van der Waals surface area contributed by atoms with Gasteiger partial charge in [-0.2, -0.15) is 0 Å². The normalized spacial score (nSPS) is 10.8. The molecule has 0 bridgehead atoms. The van der Waals surface area contributed by atoms with Gasteiger partial charge in [-0.1, -0.05) is 30.3 Å². The van der Waals surface area contributed by atoms with E-state index >= 15 is 0 Å². The Labute approximate surface area is 184 Å². The second-order valence-corrected chi connectivity index (χ2v) is 6.47. The van der Waals surface area contributed by atoms with E-state index in [1.165, 1.54) is 0 Å². The van der Waals surface area contributed by atoms with E-state index < -0.39 is 0 Å². The van der Waals surface area contributed by atoms with Crippen molar-refractivity contribution in [3.63, 3.8) is 0 Å². The lowest BCUT2D eigenvalue weighted by Crippen LogP contribution is -2.41. The van der Waals surface area contributed by atoms with E-state index in [1.807, 2.05) is 69.3 Å². The van der Waals surface area contributed by atoms with Gasteiger partial charge in [0.15, 0.2) is 5.96 Å². The molecule has 0 radical (unpaired) electrons. The SMILES string of the molecule is CN=C(NCC(=O)Nc1ccccc1)NCc1ccc(C)cc1OC(C)C.I. The van der Waals surface area contributed by atoms with E-state index in [4.69, 9.17) is 4.74 Å². The second-order valence-electron chi connectivity index (χ2n) is 6.47. The first-order chi connectivity index (χ1) is 13.0. The largest absolute Gasteiger partial charge is 0.491 e. The molecule has 2 rings (SSSR count). The fraction of sp³-hybridized carbons (Fsp3) is 0.333. The number of hydrogen-bond acceptors (Lipinski definition) is 3. The van der Waals surface area contributed by atoms with Crippen molar-refractivity contribution < 1.29 is 9.53 Å². The molecule has 1 amide bonds. The Balaban J connectivity index is 0.00000392. The van der Waals surface area contributed by atoms with Crippen molar-refractivity contribution in [1.82, 2.24) is 10.6 Å². The number of halogens is 1. The second kappa shape index (κ2) is 12.2. The Morgan fingerprint density at radius 1 is 1.11 bits per heavy atom. The summed E-state index contributed by atoms with van der Waals surface area (Å²) >= 11 is 0. The van der Waals surface area contributed by atoms with Crippen molar-refractivity contribution in [2.75, 3.05) is 18.9 Å². The summed E-state index contributed by atoms with van der Waals surface area (Å²) in [6.45, 7) is 6.72. The van der Waals surface area contributed by atoms with Crippen LogP contribution in [0, 0.1) is 6.92 Å². The van der Waals surface area contributed by atoms with Gasteiger partial charge in [0, 0.05) is 24.8 Å². The quantitative estimate of drug-likeness (QED) is 0.311. The van der Waals surface area contributed by atoms with Gasteiger partial charge in [0.1, 0.15) is 5.75 Å².